The van der Waals surface area contributed by atoms with Gasteiger partial charge in [-0.1, -0.05) is 0 Å². The Kier molecular flexibility index (Phi) is 5.40. The molecule has 0 saturated carbocycles. The fourth-order valence-electron chi connectivity index (χ4n) is 5.58. The number of morpholine rings is 1. The quantitative estimate of drug-likeness (QED) is 0.758. The molecular weight excluding hydrogens is 312 g/mol. The smallest absolute Gasteiger partial charge is 0.0717 e. The van der Waals surface area contributed by atoms with Gasteiger partial charge in [-0.2, -0.15) is 0 Å². The number of hydrogen-bond acceptors (Lipinski definition) is 5. The first-order chi connectivity index (χ1) is 12.0. The van der Waals surface area contributed by atoms with Gasteiger partial charge in [-0.25, -0.2) is 0 Å². The van der Waals surface area contributed by atoms with Gasteiger partial charge < -0.3 is 9.64 Å². The van der Waals surface area contributed by atoms with Crippen molar-refractivity contribution in [1.29, 1.82) is 0 Å². The number of hydrogen-bond donors (Lipinski definition) is 0. The van der Waals surface area contributed by atoms with Crippen molar-refractivity contribution in [2.75, 3.05) is 59.5 Å². The Labute approximate surface area is 154 Å². The van der Waals surface area contributed by atoms with E-state index in [4.69, 9.17) is 4.74 Å². The molecule has 4 heterocycles. The fourth-order valence-corrected chi connectivity index (χ4v) is 5.58. The van der Waals surface area contributed by atoms with Crippen LogP contribution in [-0.2, 0) is 4.74 Å². The summed E-state index contributed by atoms with van der Waals surface area (Å²) in [6, 6.07) is 2.73. The van der Waals surface area contributed by atoms with Crippen LogP contribution >= 0.6 is 0 Å². The van der Waals surface area contributed by atoms with Crippen molar-refractivity contribution in [3.05, 3.63) is 0 Å². The Morgan fingerprint density at radius 3 is 2.56 bits per heavy atom. The van der Waals surface area contributed by atoms with Crippen LogP contribution < -0.4 is 0 Å². The minimum absolute atomic E-state index is 0.426. The second-order valence-electron chi connectivity index (χ2n) is 9.33. The Morgan fingerprint density at radius 1 is 0.960 bits per heavy atom. The zero-order valence-corrected chi connectivity index (χ0v) is 16.7. The monoisotopic (exact) mass is 350 g/mol. The van der Waals surface area contributed by atoms with Crippen LogP contribution in [0.3, 0.4) is 0 Å². The maximum absolute atomic E-state index is 6.32. The van der Waals surface area contributed by atoms with Crippen LogP contribution in [0.15, 0.2) is 0 Å². The molecule has 0 aliphatic carbocycles. The summed E-state index contributed by atoms with van der Waals surface area (Å²) in [6.07, 6.45) is 3.02. The zero-order valence-electron chi connectivity index (χ0n) is 16.7. The van der Waals surface area contributed by atoms with E-state index in [-0.39, 0.29) is 0 Å². The third-order valence-electron chi connectivity index (χ3n) is 7.41. The van der Waals surface area contributed by atoms with E-state index in [1.54, 1.807) is 0 Å². The molecule has 5 heteroatoms. The first-order valence-corrected chi connectivity index (χ1v) is 10.5. The predicted octanol–water partition coefficient (Wildman–Crippen LogP) is 1.19. The summed E-state index contributed by atoms with van der Waals surface area (Å²) >= 11 is 0. The summed E-state index contributed by atoms with van der Waals surface area (Å²) in [5, 5.41) is 0. The first-order valence-electron chi connectivity index (χ1n) is 10.5. The summed E-state index contributed by atoms with van der Waals surface area (Å²) in [6.45, 7) is 16.6. The predicted molar refractivity (Wildman–Crippen MR) is 102 cm³/mol. The molecule has 0 amide bonds. The van der Waals surface area contributed by atoms with Gasteiger partial charge in [0.1, 0.15) is 0 Å². The van der Waals surface area contributed by atoms with Crippen molar-refractivity contribution in [2.45, 2.75) is 63.9 Å². The number of piperazine rings is 1. The van der Waals surface area contributed by atoms with Gasteiger partial charge in [-0.3, -0.25) is 14.7 Å². The van der Waals surface area contributed by atoms with E-state index in [9.17, 15) is 0 Å². The number of ether oxygens (including phenoxy) is 1. The average Bonchev–Trinajstić information content (AvgIpc) is 3.16. The van der Waals surface area contributed by atoms with Gasteiger partial charge in [-0.05, 0) is 53.1 Å². The molecule has 4 aliphatic heterocycles. The summed E-state index contributed by atoms with van der Waals surface area (Å²) in [4.78, 5) is 10.6. The molecule has 0 spiro atoms. The van der Waals surface area contributed by atoms with Crippen molar-refractivity contribution < 1.29 is 4.74 Å². The molecule has 0 aromatic rings. The summed E-state index contributed by atoms with van der Waals surface area (Å²) in [7, 11) is 2.31. The molecule has 0 aromatic heterocycles. The molecule has 5 atom stereocenters. The largest absolute Gasteiger partial charge is 0.375 e. The summed E-state index contributed by atoms with van der Waals surface area (Å²) < 4.78 is 6.32. The standard InChI is InChI=1S/C20H38N4O/c1-15(2)22-7-8-23-12-19(25-14-18(23)11-22)9-16(3)24-10-17-5-6-21(4)20(17)13-24/h15-20H,5-14H2,1-4H3. The van der Waals surface area contributed by atoms with Gasteiger partial charge in [0.25, 0.3) is 0 Å². The molecule has 4 fully saturated rings. The molecule has 25 heavy (non-hydrogen) atoms. The number of fused-ring (bicyclic) bond motifs is 2. The molecule has 0 radical (unpaired) electrons. The van der Waals surface area contributed by atoms with Crippen LogP contribution in [0.2, 0.25) is 0 Å². The SMILES string of the molecule is CC(C)N1CCN2CC(CC(C)N3CC4CCN(C)C4C3)OCC2C1. The van der Waals surface area contributed by atoms with Crippen molar-refractivity contribution in [1.82, 2.24) is 19.6 Å². The molecule has 0 N–H and O–H groups in total. The van der Waals surface area contributed by atoms with E-state index in [1.807, 2.05) is 0 Å². The number of likely N-dealkylation sites (N-methyl/N-ethyl adjacent to an activating group) is 1. The molecule has 4 rings (SSSR count). The topological polar surface area (TPSA) is 22.2 Å². The second-order valence-corrected chi connectivity index (χ2v) is 9.33. The third-order valence-corrected chi connectivity index (χ3v) is 7.41. The molecule has 0 bridgehead atoms. The van der Waals surface area contributed by atoms with E-state index in [2.05, 4.69) is 47.4 Å². The molecular formula is C20H38N4O. The third kappa shape index (κ3) is 3.77. The van der Waals surface area contributed by atoms with Gasteiger partial charge in [0.2, 0.25) is 0 Å². The number of rotatable bonds is 4. The van der Waals surface area contributed by atoms with E-state index in [0.717, 1.165) is 25.1 Å². The van der Waals surface area contributed by atoms with E-state index in [1.165, 1.54) is 52.1 Å². The summed E-state index contributed by atoms with van der Waals surface area (Å²) in [5.41, 5.74) is 0. The fraction of sp³-hybridized carbons (Fsp3) is 1.00. The molecule has 0 aromatic carbocycles. The van der Waals surface area contributed by atoms with E-state index < -0.39 is 0 Å². The summed E-state index contributed by atoms with van der Waals surface area (Å²) in [5.74, 6) is 0.910. The lowest BCUT2D eigenvalue weighted by atomic mass is 10.0. The van der Waals surface area contributed by atoms with Crippen molar-refractivity contribution in [3.63, 3.8) is 0 Å². The van der Waals surface area contributed by atoms with Gasteiger partial charge in [0.05, 0.1) is 12.7 Å². The van der Waals surface area contributed by atoms with Crippen LogP contribution in [-0.4, -0.2) is 109 Å². The van der Waals surface area contributed by atoms with Gasteiger partial charge >= 0.3 is 0 Å². The number of nitrogens with zero attached hydrogens (tertiary/aromatic N) is 4. The Balaban J connectivity index is 1.26. The Hall–Kier alpha value is -0.200. The van der Waals surface area contributed by atoms with E-state index in [0.29, 0.717) is 24.2 Å². The Bertz CT molecular complexity index is 459. The van der Waals surface area contributed by atoms with Crippen molar-refractivity contribution in [3.8, 4) is 0 Å². The number of likely N-dealkylation sites (tertiary alicyclic amines) is 2. The second kappa shape index (κ2) is 7.43. The first kappa shape index (κ1) is 18.2. The van der Waals surface area contributed by atoms with Crippen LogP contribution in [0.1, 0.15) is 33.6 Å². The highest BCUT2D eigenvalue weighted by Crippen LogP contribution is 2.32. The molecule has 5 nitrogen and oxygen atoms in total. The molecule has 4 aliphatic rings. The lowest BCUT2D eigenvalue weighted by Gasteiger charge is -2.47. The zero-order chi connectivity index (χ0) is 17.6. The molecule has 144 valence electrons. The van der Waals surface area contributed by atoms with Crippen LogP contribution in [0.25, 0.3) is 0 Å². The minimum Gasteiger partial charge on any atom is -0.375 e. The normalized spacial score (nSPS) is 39.7. The Morgan fingerprint density at radius 2 is 1.80 bits per heavy atom. The van der Waals surface area contributed by atoms with Gasteiger partial charge in [0.15, 0.2) is 0 Å². The highest BCUT2D eigenvalue weighted by molar-refractivity contribution is 4.97. The van der Waals surface area contributed by atoms with Crippen LogP contribution in [0.4, 0.5) is 0 Å². The van der Waals surface area contributed by atoms with Crippen molar-refractivity contribution in [2.24, 2.45) is 5.92 Å². The average molecular weight is 351 g/mol. The van der Waals surface area contributed by atoms with Gasteiger partial charge in [0, 0.05) is 63.4 Å². The van der Waals surface area contributed by atoms with Crippen LogP contribution in [0.5, 0.6) is 0 Å². The highest BCUT2D eigenvalue weighted by atomic mass is 16.5. The minimum atomic E-state index is 0.426. The molecule has 5 unspecified atom stereocenters. The van der Waals surface area contributed by atoms with Crippen molar-refractivity contribution >= 4 is 0 Å². The van der Waals surface area contributed by atoms with E-state index >= 15 is 0 Å². The maximum atomic E-state index is 6.32. The lowest BCUT2D eigenvalue weighted by molar-refractivity contribution is -0.0991. The van der Waals surface area contributed by atoms with Gasteiger partial charge in [-0.15, -0.1) is 0 Å². The molecule has 4 saturated heterocycles. The highest BCUT2D eigenvalue weighted by Gasteiger charge is 2.42. The van der Waals surface area contributed by atoms with Crippen LogP contribution in [0, 0.1) is 5.92 Å². The lowest BCUT2D eigenvalue weighted by Crippen LogP contribution is -2.61. The maximum Gasteiger partial charge on any atom is 0.0717 e.